The summed E-state index contributed by atoms with van der Waals surface area (Å²) in [7, 11) is 0. The molecule has 0 aromatic rings. The molecule has 2 heteroatoms. The summed E-state index contributed by atoms with van der Waals surface area (Å²) in [6, 6.07) is 0. The van der Waals surface area contributed by atoms with Gasteiger partial charge in [0.25, 0.3) is 0 Å². The first-order valence-corrected chi connectivity index (χ1v) is 4.54. The molecule has 1 fully saturated rings. The van der Waals surface area contributed by atoms with Gasteiger partial charge in [-0.25, -0.2) is 0 Å². The Kier molecular flexibility index (Phi) is 3.87. The van der Waals surface area contributed by atoms with Gasteiger partial charge in [0.2, 0.25) is 0 Å². The maximum atomic E-state index is 5.53. The van der Waals surface area contributed by atoms with E-state index in [1.54, 1.807) is 0 Å². The highest BCUT2D eigenvalue weighted by atomic mass is 16.5. The highest BCUT2D eigenvalue weighted by molar-refractivity contribution is 4.69. The summed E-state index contributed by atoms with van der Waals surface area (Å²) >= 11 is 0. The Morgan fingerprint density at radius 1 is 1.45 bits per heavy atom. The largest absolute Gasteiger partial charge is 0.381 e. The van der Waals surface area contributed by atoms with Gasteiger partial charge in [-0.15, -0.1) is 0 Å². The molecule has 0 aliphatic carbocycles. The van der Waals surface area contributed by atoms with Gasteiger partial charge in [0.1, 0.15) is 0 Å². The number of hydrogen-bond donors (Lipinski definition) is 0. The summed E-state index contributed by atoms with van der Waals surface area (Å²) in [6.45, 7) is 6.89. The zero-order chi connectivity index (χ0) is 8.10. The molecule has 1 aliphatic heterocycles. The fourth-order valence-corrected chi connectivity index (χ4v) is 1.58. The number of hydrogen-bond acceptors (Lipinski definition) is 2. The average molecular weight is 158 g/mol. The van der Waals surface area contributed by atoms with Crippen LogP contribution in [-0.4, -0.2) is 25.9 Å². The zero-order valence-corrected chi connectivity index (χ0v) is 7.51. The Morgan fingerprint density at radius 2 is 2.09 bits per heavy atom. The van der Waals surface area contributed by atoms with Crippen LogP contribution in [0.1, 0.15) is 26.7 Å². The van der Waals surface area contributed by atoms with Crippen LogP contribution in [0.4, 0.5) is 0 Å². The second kappa shape index (κ2) is 4.73. The van der Waals surface area contributed by atoms with Crippen molar-refractivity contribution < 1.29 is 9.47 Å². The lowest BCUT2D eigenvalue weighted by molar-refractivity contribution is -0.0206. The second-order valence-electron chi connectivity index (χ2n) is 3.11. The highest BCUT2D eigenvalue weighted by Gasteiger charge is 2.20. The van der Waals surface area contributed by atoms with E-state index in [0.717, 1.165) is 25.7 Å². The normalized spacial score (nSPS) is 23.5. The molecule has 2 nitrogen and oxygen atoms in total. The minimum atomic E-state index is 0.420. The summed E-state index contributed by atoms with van der Waals surface area (Å²) in [5, 5.41) is 0. The summed E-state index contributed by atoms with van der Waals surface area (Å²) in [5.74, 6) is 0.726. The van der Waals surface area contributed by atoms with Crippen molar-refractivity contribution in [2.24, 2.45) is 5.92 Å². The van der Waals surface area contributed by atoms with E-state index in [4.69, 9.17) is 9.47 Å². The third kappa shape index (κ3) is 2.80. The van der Waals surface area contributed by atoms with Crippen molar-refractivity contribution in [3.05, 3.63) is 0 Å². The Bertz CT molecular complexity index is 97.7. The van der Waals surface area contributed by atoms with Crippen molar-refractivity contribution in [1.29, 1.82) is 0 Å². The first kappa shape index (κ1) is 9.01. The van der Waals surface area contributed by atoms with Crippen molar-refractivity contribution in [3.8, 4) is 0 Å². The van der Waals surface area contributed by atoms with Crippen LogP contribution in [-0.2, 0) is 9.47 Å². The fraction of sp³-hybridized carbons (Fsp3) is 1.00. The van der Waals surface area contributed by atoms with Crippen LogP contribution in [0.25, 0.3) is 0 Å². The monoisotopic (exact) mass is 158 g/mol. The van der Waals surface area contributed by atoms with Crippen molar-refractivity contribution in [3.63, 3.8) is 0 Å². The quantitative estimate of drug-likeness (QED) is 0.624. The number of rotatable bonds is 3. The lowest BCUT2D eigenvalue weighted by Gasteiger charge is -2.27. The van der Waals surface area contributed by atoms with E-state index in [9.17, 15) is 0 Å². The fourth-order valence-electron chi connectivity index (χ4n) is 1.58. The van der Waals surface area contributed by atoms with E-state index >= 15 is 0 Å². The Balaban J connectivity index is 2.21. The molecule has 0 N–H and O–H groups in total. The Labute approximate surface area is 68.9 Å². The van der Waals surface area contributed by atoms with Crippen LogP contribution in [0, 0.1) is 5.92 Å². The minimum absolute atomic E-state index is 0.420. The molecule has 0 radical (unpaired) electrons. The standard InChI is InChI=1S/C9H18O2/c1-3-11-8(2)9-4-6-10-7-5-9/h8-9H,3-7H2,1-2H3/t8-/m1/s1. The molecule has 1 rings (SSSR count). The van der Waals surface area contributed by atoms with Crippen molar-refractivity contribution in [1.82, 2.24) is 0 Å². The first-order chi connectivity index (χ1) is 5.34. The van der Waals surface area contributed by atoms with Gasteiger partial charge < -0.3 is 9.47 Å². The summed E-state index contributed by atoms with van der Waals surface area (Å²) in [6.07, 6.45) is 2.76. The number of ether oxygens (including phenoxy) is 2. The van der Waals surface area contributed by atoms with Gasteiger partial charge in [0.15, 0.2) is 0 Å². The van der Waals surface area contributed by atoms with E-state index < -0.39 is 0 Å². The predicted octanol–water partition coefficient (Wildman–Crippen LogP) is 1.84. The van der Waals surface area contributed by atoms with Crippen molar-refractivity contribution >= 4 is 0 Å². The van der Waals surface area contributed by atoms with E-state index in [1.165, 1.54) is 12.8 Å². The van der Waals surface area contributed by atoms with E-state index in [-0.39, 0.29) is 0 Å². The molecule has 0 amide bonds. The van der Waals surface area contributed by atoms with Gasteiger partial charge in [0.05, 0.1) is 6.10 Å². The molecule has 0 unspecified atom stereocenters. The molecule has 1 atom stereocenters. The van der Waals surface area contributed by atoms with Crippen LogP contribution in [0.2, 0.25) is 0 Å². The molecular formula is C9H18O2. The van der Waals surface area contributed by atoms with Crippen LogP contribution < -0.4 is 0 Å². The third-order valence-electron chi connectivity index (χ3n) is 2.36. The SMILES string of the molecule is CCO[C@H](C)C1CCOCC1. The Morgan fingerprint density at radius 3 is 2.64 bits per heavy atom. The molecule has 0 aromatic heterocycles. The predicted molar refractivity (Wildman–Crippen MR) is 44.6 cm³/mol. The maximum absolute atomic E-state index is 5.53. The minimum Gasteiger partial charge on any atom is -0.381 e. The zero-order valence-electron chi connectivity index (χ0n) is 7.51. The van der Waals surface area contributed by atoms with Crippen LogP contribution in [0.3, 0.4) is 0 Å². The topological polar surface area (TPSA) is 18.5 Å². The summed E-state index contributed by atoms with van der Waals surface area (Å²) < 4.78 is 10.8. The molecule has 1 heterocycles. The molecular weight excluding hydrogens is 140 g/mol. The second-order valence-corrected chi connectivity index (χ2v) is 3.11. The molecule has 0 saturated carbocycles. The third-order valence-corrected chi connectivity index (χ3v) is 2.36. The summed E-state index contributed by atoms with van der Waals surface area (Å²) in [4.78, 5) is 0. The van der Waals surface area contributed by atoms with Gasteiger partial charge in [-0.3, -0.25) is 0 Å². The Hall–Kier alpha value is -0.0800. The smallest absolute Gasteiger partial charge is 0.0576 e. The molecule has 11 heavy (non-hydrogen) atoms. The molecule has 0 spiro atoms. The van der Waals surface area contributed by atoms with Crippen molar-refractivity contribution in [2.75, 3.05) is 19.8 Å². The molecule has 1 saturated heterocycles. The lowest BCUT2D eigenvalue weighted by atomic mass is 9.95. The highest BCUT2D eigenvalue weighted by Crippen LogP contribution is 2.20. The van der Waals surface area contributed by atoms with Crippen molar-refractivity contribution in [2.45, 2.75) is 32.8 Å². The van der Waals surface area contributed by atoms with Gasteiger partial charge in [0, 0.05) is 19.8 Å². The average Bonchev–Trinajstić information content (AvgIpc) is 2.07. The molecule has 1 aliphatic rings. The van der Waals surface area contributed by atoms with Gasteiger partial charge in [-0.05, 0) is 32.6 Å². The van der Waals surface area contributed by atoms with Crippen LogP contribution in [0.5, 0.6) is 0 Å². The van der Waals surface area contributed by atoms with Crippen LogP contribution >= 0.6 is 0 Å². The van der Waals surface area contributed by atoms with E-state index in [0.29, 0.717) is 6.10 Å². The van der Waals surface area contributed by atoms with E-state index in [1.807, 2.05) is 0 Å². The van der Waals surface area contributed by atoms with Gasteiger partial charge in [-0.2, -0.15) is 0 Å². The van der Waals surface area contributed by atoms with Gasteiger partial charge >= 0.3 is 0 Å². The molecule has 0 bridgehead atoms. The molecule has 66 valence electrons. The summed E-state index contributed by atoms with van der Waals surface area (Å²) in [5.41, 5.74) is 0. The lowest BCUT2D eigenvalue weighted by Crippen LogP contribution is -2.27. The van der Waals surface area contributed by atoms with E-state index in [2.05, 4.69) is 13.8 Å². The maximum Gasteiger partial charge on any atom is 0.0576 e. The van der Waals surface area contributed by atoms with Gasteiger partial charge in [-0.1, -0.05) is 0 Å². The first-order valence-electron chi connectivity index (χ1n) is 4.54. The molecule has 0 aromatic carbocycles. The van der Waals surface area contributed by atoms with Crippen LogP contribution in [0.15, 0.2) is 0 Å².